The van der Waals surface area contributed by atoms with Gasteiger partial charge in [0.2, 0.25) is 10.0 Å². The van der Waals surface area contributed by atoms with E-state index in [9.17, 15) is 35.5 Å². The van der Waals surface area contributed by atoms with Crippen LogP contribution in [0, 0.1) is 0 Å². The number of hydrogen-bond acceptors (Lipinski definition) is 6. The molecule has 0 aromatic heterocycles. The second-order valence-electron chi connectivity index (χ2n) is 10.1. The van der Waals surface area contributed by atoms with Crippen molar-refractivity contribution < 1.29 is 35.5 Å². The van der Waals surface area contributed by atoms with Crippen molar-refractivity contribution in [2.24, 2.45) is 0 Å². The zero-order chi connectivity index (χ0) is 27.9. The van der Waals surface area contributed by atoms with Crippen molar-refractivity contribution >= 4 is 32.8 Å². The maximum atomic E-state index is 13.7. The summed E-state index contributed by atoms with van der Waals surface area (Å²) in [5, 5.41) is 10.0. The predicted molar refractivity (Wildman–Crippen MR) is 139 cm³/mol. The smallest absolute Gasteiger partial charge is 0.376 e. The Morgan fingerprint density at radius 1 is 1.08 bits per heavy atom. The summed E-state index contributed by atoms with van der Waals surface area (Å²) in [7, 11) is -3.90. The maximum Gasteiger partial charge on any atom is 0.421 e. The highest BCUT2D eigenvalue weighted by Gasteiger charge is 2.51. The summed E-state index contributed by atoms with van der Waals surface area (Å²) >= 11 is 5.28. The molecule has 0 unspecified atom stereocenters. The number of nitrogens with zero attached hydrogens (tertiary/aromatic N) is 3. The SMILES string of the molecule is C[C@](O)(c1ccc(N2CCN(S(=O)(=O)C3=CC=CCC3=S)C[C@H]2CN2CCC(F)(F)CC2)cc1)C(F)(F)F. The van der Waals surface area contributed by atoms with Crippen molar-refractivity contribution in [2.45, 2.75) is 49.9 Å². The average Bonchev–Trinajstić information content (AvgIpc) is 2.85. The number of allylic oxidation sites excluding steroid dienone is 4. The Kier molecular flexibility index (Phi) is 8.08. The Labute approximate surface area is 224 Å². The van der Waals surface area contributed by atoms with E-state index in [1.807, 2.05) is 9.80 Å². The van der Waals surface area contributed by atoms with Gasteiger partial charge in [0.25, 0.3) is 5.92 Å². The number of hydrogen-bond donors (Lipinski definition) is 1. The summed E-state index contributed by atoms with van der Waals surface area (Å²) in [6, 6.07) is 4.86. The van der Waals surface area contributed by atoms with E-state index in [1.54, 1.807) is 12.2 Å². The molecule has 0 bridgehead atoms. The van der Waals surface area contributed by atoms with Crippen molar-refractivity contribution in [1.29, 1.82) is 0 Å². The van der Waals surface area contributed by atoms with Gasteiger partial charge in [-0.05, 0) is 30.7 Å². The van der Waals surface area contributed by atoms with E-state index in [1.165, 1.54) is 34.6 Å². The van der Waals surface area contributed by atoms with E-state index < -0.39 is 33.8 Å². The number of piperazine rings is 1. The number of benzene rings is 1. The van der Waals surface area contributed by atoms with Crippen LogP contribution >= 0.6 is 12.2 Å². The highest BCUT2D eigenvalue weighted by Crippen LogP contribution is 2.39. The molecule has 1 aliphatic carbocycles. The van der Waals surface area contributed by atoms with E-state index in [-0.39, 0.29) is 56.0 Å². The molecule has 2 saturated heterocycles. The van der Waals surface area contributed by atoms with Gasteiger partial charge >= 0.3 is 6.18 Å². The van der Waals surface area contributed by atoms with E-state index in [4.69, 9.17) is 12.2 Å². The molecule has 38 heavy (non-hydrogen) atoms. The summed E-state index contributed by atoms with van der Waals surface area (Å²) in [6.07, 6.45) is -0.222. The molecule has 210 valence electrons. The quantitative estimate of drug-likeness (QED) is 0.402. The zero-order valence-electron chi connectivity index (χ0n) is 20.8. The summed E-state index contributed by atoms with van der Waals surface area (Å²) in [4.78, 5) is 4.13. The van der Waals surface area contributed by atoms with E-state index in [0.717, 1.165) is 0 Å². The number of anilines is 1. The fraction of sp³-hybridized carbons (Fsp3) is 0.560. The molecule has 0 spiro atoms. The Bertz CT molecular complexity index is 1200. The first-order valence-corrected chi connectivity index (χ1v) is 14.1. The summed E-state index contributed by atoms with van der Waals surface area (Å²) in [5.74, 6) is -2.74. The van der Waals surface area contributed by atoms with E-state index >= 15 is 0 Å². The lowest BCUT2D eigenvalue weighted by molar-refractivity contribution is -0.258. The van der Waals surface area contributed by atoms with Crippen LogP contribution in [-0.4, -0.2) is 85.0 Å². The van der Waals surface area contributed by atoms with Gasteiger partial charge in [0.15, 0.2) is 5.60 Å². The molecule has 1 N–H and O–H groups in total. The minimum atomic E-state index is -4.86. The Hall–Kier alpha value is -1.93. The van der Waals surface area contributed by atoms with Gasteiger partial charge in [0.05, 0.1) is 10.9 Å². The lowest BCUT2D eigenvalue weighted by Gasteiger charge is -2.45. The lowest BCUT2D eigenvalue weighted by atomic mass is 9.95. The number of aliphatic hydroxyl groups is 1. The average molecular weight is 580 g/mol. The van der Waals surface area contributed by atoms with Gasteiger partial charge in [-0.1, -0.05) is 36.5 Å². The summed E-state index contributed by atoms with van der Waals surface area (Å²) < 4.78 is 95.5. The third-order valence-corrected chi connectivity index (χ3v) is 9.86. The van der Waals surface area contributed by atoms with Gasteiger partial charge in [-0.2, -0.15) is 17.5 Å². The molecule has 2 fully saturated rings. The molecule has 1 aromatic rings. The van der Waals surface area contributed by atoms with Gasteiger partial charge in [0.1, 0.15) is 0 Å². The second-order valence-corrected chi connectivity index (χ2v) is 12.5. The van der Waals surface area contributed by atoms with Crippen molar-refractivity contribution in [1.82, 2.24) is 9.21 Å². The molecule has 0 amide bonds. The van der Waals surface area contributed by atoms with Crippen LogP contribution in [0.15, 0.2) is 47.4 Å². The normalized spacial score (nSPS) is 25.2. The third-order valence-electron chi connectivity index (χ3n) is 7.39. The van der Waals surface area contributed by atoms with E-state index in [2.05, 4.69) is 0 Å². The molecule has 0 radical (unpaired) electrons. The number of sulfonamides is 1. The summed E-state index contributed by atoms with van der Waals surface area (Å²) in [5.41, 5.74) is -2.81. The number of alkyl halides is 5. The summed E-state index contributed by atoms with van der Waals surface area (Å²) in [6.45, 7) is 1.69. The first-order valence-electron chi connectivity index (χ1n) is 12.3. The number of halogens is 5. The highest BCUT2D eigenvalue weighted by atomic mass is 32.2. The van der Waals surface area contributed by atoms with Crippen LogP contribution < -0.4 is 4.90 Å². The number of piperidine rings is 1. The molecule has 2 heterocycles. The van der Waals surface area contributed by atoms with Crippen LogP contribution in [-0.2, 0) is 15.6 Å². The molecule has 13 heteroatoms. The molecule has 6 nitrogen and oxygen atoms in total. The van der Waals surface area contributed by atoms with Crippen molar-refractivity contribution in [2.75, 3.05) is 44.2 Å². The molecule has 2 atom stereocenters. The van der Waals surface area contributed by atoms with Crippen LogP contribution in [0.5, 0.6) is 0 Å². The monoisotopic (exact) mass is 579 g/mol. The molecule has 0 saturated carbocycles. The fourth-order valence-electron chi connectivity index (χ4n) is 4.94. The van der Waals surface area contributed by atoms with Gasteiger partial charge in [-0.15, -0.1) is 0 Å². The van der Waals surface area contributed by atoms with Gasteiger partial charge < -0.3 is 14.9 Å². The minimum absolute atomic E-state index is 0.0565. The van der Waals surface area contributed by atoms with Gasteiger partial charge in [-0.3, -0.25) is 0 Å². The van der Waals surface area contributed by atoms with Gasteiger partial charge in [0, 0.05) is 69.1 Å². The molecule has 3 aliphatic rings. The standard InChI is InChI=1S/C25H30F5N3O3S2/c1-23(34,25(28,29)30)18-6-8-19(9-7-18)33-15-14-32(38(35,36)22-5-3-2-4-21(22)37)17-20(33)16-31-12-10-24(26,27)11-13-31/h2-3,5-9,20,34H,4,10-17H2,1H3/t20-,23+/m1/s1. The molecule has 4 rings (SSSR count). The maximum absolute atomic E-state index is 13.7. The lowest BCUT2D eigenvalue weighted by Crippen LogP contribution is -2.59. The zero-order valence-corrected chi connectivity index (χ0v) is 22.4. The largest absolute Gasteiger partial charge is 0.421 e. The van der Waals surface area contributed by atoms with Gasteiger partial charge in [-0.25, -0.2) is 17.2 Å². The van der Waals surface area contributed by atoms with Crippen LogP contribution in [0.25, 0.3) is 0 Å². The van der Waals surface area contributed by atoms with Crippen molar-refractivity contribution in [3.8, 4) is 0 Å². The van der Waals surface area contributed by atoms with Crippen LogP contribution in [0.1, 0.15) is 31.7 Å². The molecular weight excluding hydrogens is 549 g/mol. The number of rotatable bonds is 6. The Balaban J connectivity index is 1.59. The molecule has 1 aromatic carbocycles. The Morgan fingerprint density at radius 2 is 1.71 bits per heavy atom. The topological polar surface area (TPSA) is 64.1 Å². The number of likely N-dealkylation sites (tertiary alicyclic amines) is 1. The van der Waals surface area contributed by atoms with Crippen molar-refractivity contribution in [3.05, 3.63) is 53.0 Å². The molecule has 2 aliphatic heterocycles. The highest BCUT2D eigenvalue weighted by molar-refractivity contribution is 7.96. The van der Waals surface area contributed by atoms with Crippen LogP contribution in [0.2, 0.25) is 0 Å². The predicted octanol–water partition coefficient (Wildman–Crippen LogP) is 4.22. The fourth-order valence-corrected chi connectivity index (χ4v) is 7.01. The third kappa shape index (κ3) is 5.96. The first-order chi connectivity index (χ1) is 17.6. The minimum Gasteiger partial charge on any atom is -0.376 e. The Morgan fingerprint density at radius 3 is 2.29 bits per heavy atom. The number of thiocarbonyl (C=S) groups is 1. The van der Waals surface area contributed by atoms with E-state index in [0.29, 0.717) is 30.4 Å². The second kappa shape index (κ2) is 10.6. The van der Waals surface area contributed by atoms with Crippen LogP contribution in [0.3, 0.4) is 0 Å². The van der Waals surface area contributed by atoms with Crippen molar-refractivity contribution in [3.63, 3.8) is 0 Å². The first kappa shape index (κ1) is 29.1. The molecular formula is C25H30F5N3O3S2. The van der Waals surface area contributed by atoms with Crippen LogP contribution in [0.4, 0.5) is 27.6 Å².